The van der Waals surface area contributed by atoms with Crippen LogP contribution in [-0.4, -0.2) is 81.5 Å². The fraction of sp³-hybridized carbons (Fsp3) is 0.567. The van der Waals surface area contributed by atoms with Crippen LogP contribution in [0.1, 0.15) is 33.6 Å². The van der Waals surface area contributed by atoms with Gasteiger partial charge in [0.15, 0.2) is 0 Å². The Balaban J connectivity index is 1.88. The number of carbonyl (C=O) groups is 3. The van der Waals surface area contributed by atoms with Gasteiger partial charge in [0.1, 0.15) is 6.04 Å². The van der Waals surface area contributed by atoms with E-state index in [-0.39, 0.29) is 48.0 Å². The number of nitrogens with zero attached hydrogens (tertiary/aromatic N) is 3. The Kier molecular flexibility index (Phi) is 8.89. The van der Waals surface area contributed by atoms with Crippen LogP contribution in [0.3, 0.4) is 0 Å². The zero-order valence-corrected chi connectivity index (χ0v) is 24.8. The highest BCUT2D eigenvalue weighted by Crippen LogP contribution is 2.69. The molecule has 3 unspecified atom stereocenters. The maximum atomic E-state index is 14.8. The van der Waals surface area contributed by atoms with Crippen molar-refractivity contribution >= 4 is 46.8 Å². The number of hydrogen-bond donors (Lipinski definition) is 1. The Morgan fingerprint density at radius 1 is 1.23 bits per heavy atom. The molecule has 1 N–H and O–H groups in total. The summed E-state index contributed by atoms with van der Waals surface area (Å²) in [5.41, 5.74) is 0.546. The number of halogens is 1. The predicted octanol–water partition coefficient (Wildman–Crippen LogP) is 4.25. The zero-order valence-electron chi connectivity index (χ0n) is 23.3. The van der Waals surface area contributed by atoms with Crippen LogP contribution in [0, 0.1) is 23.7 Å². The fourth-order valence-corrected chi connectivity index (χ4v) is 9.66. The van der Waals surface area contributed by atoms with Crippen LogP contribution in [-0.2, 0) is 14.4 Å². The van der Waals surface area contributed by atoms with Crippen molar-refractivity contribution in [2.24, 2.45) is 23.7 Å². The SMILES string of the molecule is C=CCN(C)C(=O)[C@@H]1[C@H]2C(=O)N([C@@H](CO)CC(C)C)C(C(=O)N(CC=C)c3ccccc3Cl)C23S[C@@H]1CC3C. The van der Waals surface area contributed by atoms with Crippen molar-refractivity contribution < 1.29 is 19.5 Å². The molecular weight excluding hydrogens is 534 g/mol. The summed E-state index contributed by atoms with van der Waals surface area (Å²) in [6.07, 6.45) is 4.60. The highest BCUT2D eigenvalue weighted by Gasteiger charge is 2.77. The highest BCUT2D eigenvalue weighted by molar-refractivity contribution is 8.02. The fourth-order valence-electron chi connectivity index (χ4n) is 7.03. The summed E-state index contributed by atoms with van der Waals surface area (Å²) in [5, 5.41) is 10.9. The Morgan fingerprint density at radius 3 is 2.49 bits per heavy atom. The number of aliphatic hydroxyl groups is 1. The maximum absolute atomic E-state index is 14.8. The van der Waals surface area contributed by atoms with E-state index in [9.17, 15) is 19.5 Å². The second-order valence-electron chi connectivity index (χ2n) is 11.5. The Labute approximate surface area is 241 Å². The van der Waals surface area contributed by atoms with Gasteiger partial charge in [0.2, 0.25) is 11.8 Å². The average molecular weight is 574 g/mol. The molecule has 3 saturated heterocycles. The summed E-state index contributed by atoms with van der Waals surface area (Å²) in [7, 11) is 1.73. The molecule has 7 nitrogen and oxygen atoms in total. The largest absolute Gasteiger partial charge is 0.394 e. The molecule has 39 heavy (non-hydrogen) atoms. The quantitative estimate of drug-likeness (QED) is 0.400. The zero-order chi connectivity index (χ0) is 28.6. The molecule has 3 heterocycles. The number of amides is 3. The van der Waals surface area contributed by atoms with E-state index in [0.29, 0.717) is 23.7 Å². The van der Waals surface area contributed by atoms with Crippen molar-refractivity contribution in [2.45, 2.75) is 55.7 Å². The lowest BCUT2D eigenvalue weighted by atomic mass is 9.65. The van der Waals surface area contributed by atoms with Gasteiger partial charge in [-0.05, 0) is 36.8 Å². The molecule has 7 atom stereocenters. The smallest absolute Gasteiger partial charge is 0.251 e. The minimum absolute atomic E-state index is 0.0179. The van der Waals surface area contributed by atoms with E-state index in [1.807, 2.05) is 19.9 Å². The van der Waals surface area contributed by atoms with Gasteiger partial charge in [-0.1, -0.05) is 56.7 Å². The predicted molar refractivity (Wildman–Crippen MR) is 158 cm³/mol. The molecule has 2 bridgehead atoms. The maximum Gasteiger partial charge on any atom is 0.251 e. The van der Waals surface area contributed by atoms with Crippen molar-refractivity contribution in [3.63, 3.8) is 0 Å². The lowest BCUT2D eigenvalue weighted by molar-refractivity contribution is -0.145. The summed E-state index contributed by atoms with van der Waals surface area (Å²) in [4.78, 5) is 47.8. The lowest BCUT2D eigenvalue weighted by Crippen LogP contribution is -2.59. The monoisotopic (exact) mass is 573 g/mol. The first-order valence-corrected chi connectivity index (χ1v) is 14.9. The standard InChI is InChI=1S/C30H40ClN3O4S/c1-7-13-32(6)27(36)24-23-16-19(5)30(39-23)25(24)28(37)34(20(17-35)15-18(3)4)26(30)29(38)33(14-8-2)22-12-10-9-11-21(22)31/h7-12,18-20,23-26,35H,1-2,13-17H2,3-6H3/t19?,20-,23-,24+,25+,26?,30?/m1/s1. The molecule has 1 aromatic rings. The van der Waals surface area contributed by atoms with E-state index < -0.39 is 28.7 Å². The molecule has 0 aliphatic carbocycles. The summed E-state index contributed by atoms with van der Waals surface area (Å²) in [5.74, 6) is -1.53. The van der Waals surface area contributed by atoms with Crippen molar-refractivity contribution in [1.82, 2.24) is 9.80 Å². The van der Waals surface area contributed by atoms with Gasteiger partial charge in [-0.25, -0.2) is 0 Å². The molecule has 3 amide bonds. The van der Waals surface area contributed by atoms with Gasteiger partial charge in [0.25, 0.3) is 5.91 Å². The number of hydrogen-bond acceptors (Lipinski definition) is 5. The average Bonchev–Trinajstić information content (AvgIpc) is 3.49. The third-order valence-electron chi connectivity index (χ3n) is 8.55. The summed E-state index contributed by atoms with van der Waals surface area (Å²) in [6.45, 7) is 14.1. The Bertz CT molecular complexity index is 1140. The van der Waals surface area contributed by atoms with Crippen LogP contribution in [0.2, 0.25) is 5.02 Å². The van der Waals surface area contributed by atoms with E-state index in [2.05, 4.69) is 20.1 Å². The Morgan fingerprint density at radius 2 is 1.90 bits per heavy atom. The molecular formula is C30H40ClN3O4S. The van der Waals surface area contributed by atoms with Crippen LogP contribution < -0.4 is 4.90 Å². The molecule has 3 aliphatic heterocycles. The van der Waals surface area contributed by atoms with Gasteiger partial charge in [-0.15, -0.1) is 24.9 Å². The van der Waals surface area contributed by atoms with Crippen LogP contribution in [0.15, 0.2) is 49.6 Å². The van der Waals surface area contributed by atoms with Crippen LogP contribution in [0.5, 0.6) is 0 Å². The van der Waals surface area contributed by atoms with Gasteiger partial charge in [-0.3, -0.25) is 14.4 Å². The minimum atomic E-state index is -0.852. The van der Waals surface area contributed by atoms with Crippen molar-refractivity contribution in [3.8, 4) is 0 Å². The molecule has 212 valence electrons. The van der Waals surface area contributed by atoms with Crippen molar-refractivity contribution in [1.29, 1.82) is 0 Å². The normalized spacial score (nSPS) is 29.9. The van der Waals surface area contributed by atoms with Gasteiger partial charge in [0, 0.05) is 25.4 Å². The summed E-state index contributed by atoms with van der Waals surface area (Å²) in [6, 6.07) is 5.75. The van der Waals surface area contributed by atoms with Crippen LogP contribution in [0.25, 0.3) is 0 Å². The lowest BCUT2D eigenvalue weighted by Gasteiger charge is -2.42. The number of aliphatic hydroxyl groups excluding tert-OH is 1. The number of thioether (sulfide) groups is 1. The van der Waals surface area contributed by atoms with E-state index in [0.717, 1.165) is 6.42 Å². The Hall–Kier alpha value is -2.29. The van der Waals surface area contributed by atoms with E-state index >= 15 is 0 Å². The molecule has 4 rings (SSSR count). The van der Waals surface area contributed by atoms with Crippen LogP contribution >= 0.6 is 23.4 Å². The summed E-state index contributed by atoms with van der Waals surface area (Å²) >= 11 is 8.19. The van der Waals surface area contributed by atoms with Crippen molar-refractivity contribution in [2.75, 3.05) is 31.6 Å². The van der Waals surface area contributed by atoms with E-state index in [1.165, 1.54) is 0 Å². The first-order chi connectivity index (χ1) is 18.5. The van der Waals surface area contributed by atoms with Gasteiger partial charge in [-0.2, -0.15) is 0 Å². The van der Waals surface area contributed by atoms with Gasteiger partial charge < -0.3 is 19.8 Å². The number of rotatable bonds is 11. The third-order valence-corrected chi connectivity index (χ3v) is 10.9. The second kappa shape index (κ2) is 11.7. The molecule has 1 aromatic carbocycles. The van der Waals surface area contributed by atoms with Crippen LogP contribution in [0.4, 0.5) is 5.69 Å². The van der Waals surface area contributed by atoms with E-state index in [4.69, 9.17) is 11.6 Å². The topological polar surface area (TPSA) is 81.2 Å². The number of likely N-dealkylation sites (tertiary alicyclic amines) is 1. The first kappa shape index (κ1) is 29.7. The molecule has 0 saturated carbocycles. The van der Waals surface area contributed by atoms with Gasteiger partial charge >= 0.3 is 0 Å². The second-order valence-corrected chi connectivity index (χ2v) is 13.4. The van der Waals surface area contributed by atoms with Crippen molar-refractivity contribution in [3.05, 3.63) is 54.6 Å². The van der Waals surface area contributed by atoms with E-state index in [1.54, 1.807) is 63.9 Å². The number of carbonyl (C=O) groups excluding carboxylic acids is 3. The molecule has 0 aromatic heterocycles. The number of fused-ring (bicyclic) bond motifs is 1. The highest BCUT2D eigenvalue weighted by atomic mass is 35.5. The summed E-state index contributed by atoms with van der Waals surface area (Å²) < 4.78 is -0.792. The number of anilines is 1. The number of benzene rings is 1. The minimum Gasteiger partial charge on any atom is -0.394 e. The molecule has 1 spiro atoms. The number of likely N-dealkylation sites (N-methyl/N-ethyl adjacent to an activating group) is 1. The molecule has 3 aliphatic rings. The third kappa shape index (κ3) is 4.82. The molecule has 0 radical (unpaired) electrons. The van der Waals surface area contributed by atoms with Gasteiger partial charge in [0.05, 0.1) is 39.9 Å². The molecule has 9 heteroatoms. The first-order valence-electron chi connectivity index (χ1n) is 13.7. The molecule has 3 fully saturated rings. The number of para-hydroxylation sites is 1.